The van der Waals surface area contributed by atoms with Crippen molar-refractivity contribution in [2.45, 2.75) is 40.5 Å². The summed E-state index contributed by atoms with van der Waals surface area (Å²) in [5.74, 6) is -2.23. The molecule has 5 rings (SSSR count). The third-order valence-corrected chi connectivity index (χ3v) is 7.86. The first kappa shape index (κ1) is 31.2. The Morgan fingerprint density at radius 2 is 1.58 bits per heavy atom. The standard InChI is InChI=1S/C34H32N4O4.Fe/c1-7-21-17(3)25-13-26-19(5)23(9-11-33(39)40)31(37-26)16-32-24(10-12-34(41)42)20(6)28(38-32)15-30-22(8-2)18(4)27(36-30)14-29(21)35-25;/h7-9,11,13-16,36,39-40H,1-2,10,12H2,3-6H3,(H,41,42);/q;+2/p-2/b23-9+,25-13?,27-14?,30-15?,32-16?;. The maximum absolute atomic E-state index is 11.5. The molecule has 5 heterocycles. The number of H-pyrrole nitrogens is 1. The Kier molecular flexibility index (Phi) is 8.90. The number of aliphatic carboxylic acids is 1. The zero-order chi connectivity index (χ0) is 30.3. The van der Waals surface area contributed by atoms with Gasteiger partial charge in [0.1, 0.15) is 0 Å². The fraction of sp³-hybridized carbons (Fsp3) is 0.176. The first-order valence-corrected chi connectivity index (χ1v) is 13.5. The summed E-state index contributed by atoms with van der Waals surface area (Å²) in [5, 5.41) is 33.7. The molecular weight excluding hydrogens is 584 g/mol. The van der Waals surface area contributed by atoms with E-state index >= 15 is 0 Å². The second-order valence-corrected chi connectivity index (χ2v) is 10.4. The molecule has 1 aromatic rings. The molecule has 0 fully saturated rings. The van der Waals surface area contributed by atoms with E-state index in [0.717, 1.165) is 67.2 Å². The molecule has 0 aromatic carbocycles. The second kappa shape index (κ2) is 12.3. The zero-order valence-electron chi connectivity index (χ0n) is 24.3. The topological polar surface area (TPSA) is 136 Å². The predicted octanol–water partition coefficient (Wildman–Crippen LogP) is 3.12. The van der Waals surface area contributed by atoms with Crippen molar-refractivity contribution in [3.8, 4) is 0 Å². The molecule has 218 valence electrons. The Balaban J connectivity index is 0.00000423. The van der Waals surface area contributed by atoms with E-state index in [4.69, 9.17) is 15.0 Å². The third kappa shape index (κ3) is 5.82. The summed E-state index contributed by atoms with van der Waals surface area (Å²) in [6.07, 6.45) is 13.8. The Hall–Kier alpha value is -4.72. The van der Waals surface area contributed by atoms with Gasteiger partial charge < -0.3 is 20.3 Å². The number of hydrogen-bond acceptors (Lipinski definition) is 6. The smallest absolute Gasteiger partial charge is 0.884 e. The molecule has 8 bridgehead atoms. The fourth-order valence-electron chi connectivity index (χ4n) is 5.47. The number of carboxylic acid groups (broad SMARTS) is 1. The van der Waals surface area contributed by atoms with Crippen molar-refractivity contribution in [3.63, 3.8) is 0 Å². The molecule has 4 aliphatic heterocycles. The fourth-order valence-corrected chi connectivity index (χ4v) is 5.47. The average molecular weight is 614 g/mol. The first-order chi connectivity index (χ1) is 20.0. The monoisotopic (exact) mass is 614 g/mol. The third-order valence-electron chi connectivity index (χ3n) is 7.86. The number of nitrogens with one attached hydrogen (secondary N) is 1. The first-order valence-electron chi connectivity index (χ1n) is 13.5. The normalized spacial score (nSPS) is 18.2. The average Bonchev–Trinajstić information content (AvgIpc) is 3.59. The summed E-state index contributed by atoms with van der Waals surface area (Å²) in [6, 6.07) is 0. The van der Waals surface area contributed by atoms with Crippen LogP contribution in [-0.4, -0.2) is 33.2 Å². The predicted molar refractivity (Wildman–Crippen MR) is 164 cm³/mol. The van der Waals surface area contributed by atoms with E-state index in [1.54, 1.807) is 18.2 Å². The molecule has 9 heteroatoms. The summed E-state index contributed by atoms with van der Waals surface area (Å²) in [7, 11) is 0. The van der Waals surface area contributed by atoms with Gasteiger partial charge in [-0.15, -0.1) is 0 Å². The van der Waals surface area contributed by atoms with E-state index in [2.05, 4.69) is 18.1 Å². The maximum Gasteiger partial charge on any atom is 2.00 e. The van der Waals surface area contributed by atoms with Crippen molar-refractivity contribution in [2.24, 2.45) is 15.0 Å². The number of aliphatic imine (C=N–C) groups is 3. The molecule has 1 aromatic heterocycles. The number of nitrogens with zero attached hydrogens (tertiary/aromatic N) is 3. The van der Waals surface area contributed by atoms with E-state index in [0.29, 0.717) is 28.4 Å². The van der Waals surface area contributed by atoms with Crippen LogP contribution in [0.2, 0.25) is 0 Å². The maximum atomic E-state index is 11.5. The second-order valence-electron chi connectivity index (χ2n) is 10.4. The van der Waals surface area contributed by atoms with Gasteiger partial charge in [-0.2, -0.15) is 0 Å². The summed E-state index contributed by atoms with van der Waals surface area (Å²) in [4.78, 5) is 29.7. The summed E-state index contributed by atoms with van der Waals surface area (Å²) >= 11 is 0. The van der Waals surface area contributed by atoms with E-state index in [1.807, 2.05) is 45.9 Å². The van der Waals surface area contributed by atoms with Crippen molar-refractivity contribution < 1.29 is 37.2 Å². The van der Waals surface area contributed by atoms with Crippen molar-refractivity contribution >= 4 is 41.3 Å². The molecule has 43 heavy (non-hydrogen) atoms. The van der Waals surface area contributed by atoms with Crippen LogP contribution in [0.3, 0.4) is 0 Å². The number of hydrogen-bond donors (Lipinski definition) is 2. The molecule has 0 unspecified atom stereocenters. The van der Waals surface area contributed by atoms with Crippen LogP contribution < -0.4 is 20.9 Å². The van der Waals surface area contributed by atoms with Gasteiger partial charge in [-0.25, -0.2) is 20.9 Å². The van der Waals surface area contributed by atoms with Gasteiger partial charge in [-0.1, -0.05) is 37.5 Å². The van der Waals surface area contributed by atoms with Crippen molar-refractivity contribution in [3.05, 3.63) is 122 Å². The quantitative estimate of drug-likeness (QED) is 0.376. The van der Waals surface area contributed by atoms with E-state index in [9.17, 15) is 20.1 Å². The van der Waals surface area contributed by atoms with E-state index in [-0.39, 0.29) is 29.9 Å². The molecule has 0 amide bonds. The number of aromatic amines is 1. The van der Waals surface area contributed by atoms with Crippen LogP contribution in [0.5, 0.6) is 0 Å². The largest absolute Gasteiger partial charge is 2.00 e. The summed E-state index contributed by atoms with van der Waals surface area (Å²) in [5.41, 5.74) is 10.6. The van der Waals surface area contributed by atoms with Crippen LogP contribution >= 0.6 is 0 Å². The van der Waals surface area contributed by atoms with Crippen molar-refractivity contribution in [1.29, 1.82) is 0 Å². The molecule has 2 N–H and O–H groups in total. The minimum absolute atomic E-state index is 0. The zero-order valence-corrected chi connectivity index (χ0v) is 25.4. The van der Waals surface area contributed by atoms with E-state index in [1.165, 1.54) is 6.08 Å². The number of allylic oxidation sites excluding steroid dienone is 11. The number of carbonyl (C=O) groups is 1. The molecular formula is C34H30FeN4O4. The Labute approximate surface area is 260 Å². The molecule has 0 aliphatic carbocycles. The minimum atomic E-state index is -1.32. The molecule has 8 nitrogen and oxygen atoms in total. The van der Waals surface area contributed by atoms with Gasteiger partial charge in [-0.05, 0) is 86.3 Å². The van der Waals surface area contributed by atoms with Gasteiger partial charge >= 0.3 is 23.0 Å². The van der Waals surface area contributed by atoms with Crippen LogP contribution in [0, 0.1) is 6.92 Å². The molecule has 0 saturated heterocycles. The number of aromatic nitrogens is 1. The molecule has 0 spiro atoms. The molecule has 0 radical (unpaired) electrons. The van der Waals surface area contributed by atoms with Crippen LogP contribution in [0.4, 0.5) is 0 Å². The molecule has 0 atom stereocenters. The van der Waals surface area contributed by atoms with Crippen molar-refractivity contribution in [1.82, 2.24) is 4.98 Å². The van der Waals surface area contributed by atoms with Crippen LogP contribution in [0.25, 0.3) is 18.2 Å². The molecule has 4 aliphatic rings. The van der Waals surface area contributed by atoms with Gasteiger partial charge in [0, 0.05) is 33.8 Å². The number of carboxylic acids is 1. The van der Waals surface area contributed by atoms with E-state index < -0.39 is 11.9 Å². The van der Waals surface area contributed by atoms with Crippen LogP contribution in [0.1, 0.15) is 44.7 Å². The van der Waals surface area contributed by atoms with Crippen LogP contribution in [-0.2, 0) is 21.9 Å². The van der Waals surface area contributed by atoms with Gasteiger partial charge in [0.2, 0.25) is 0 Å². The summed E-state index contributed by atoms with van der Waals surface area (Å²) < 4.78 is 0. The minimum Gasteiger partial charge on any atom is -0.884 e. The van der Waals surface area contributed by atoms with Gasteiger partial charge in [-0.3, -0.25) is 4.79 Å². The Bertz CT molecular complexity index is 1930. The van der Waals surface area contributed by atoms with Crippen LogP contribution in [0.15, 0.2) is 115 Å². The van der Waals surface area contributed by atoms with Gasteiger partial charge in [0.25, 0.3) is 0 Å². The summed E-state index contributed by atoms with van der Waals surface area (Å²) in [6.45, 7) is 15.8. The van der Waals surface area contributed by atoms with Gasteiger partial charge in [0.05, 0.1) is 34.2 Å². The number of fused-ring (bicyclic) bond motifs is 5. The van der Waals surface area contributed by atoms with Crippen molar-refractivity contribution in [2.75, 3.05) is 0 Å². The Morgan fingerprint density at radius 1 is 0.884 bits per heavy atom. The van der Waals surface area contributed by atoms with Gasteiger partial charge in [0.15, 0.2) is 0 Å². The SMILES string of the molecule is C=CC1=C(C)C2=CC3=C(C)/C(=C\C=C([O-])[O-])C(=N3)C=C3N=C(C=c4[nH]c(c(C)c4C=C)=CC1=N2)C(C)=C3CCC(=O)O.[Fe+2]. The Morgan fingerprint density at radius 3 is 2.23 bits per heavy atom. The number of rotatable bonds is 6. The molecule has 0 saturated carbocycles.